The third-order valence-corrected chi connectivity index (χ3v) is 8.14. The zero-order valence-corrected chi connectivity index (χ0v) is 23.4. The van der Waals surface area contributed by atoms with Gasteiger partial charge in [0, 0.05) is 18.5 Å². The van der Waals surface area contributed by atoms with Crippen molar-refractivity contribution in [3.8, 4) is 11.1 Å². The number of carboxylic acid groups (broad SMARTS) is 1. The molecule has 42 heavy (non-hydrogen) atoms. The largest absolute Gasteiger partial charge is 0.481 e. The normalized spacial score (nSPS) is 18.4. The Bertz CT molecular complexity index is 1410. The van der Waals surface area contributed by atoms with Crippen LogP contribution in [0.25, 0.3) is 11.1 Å². The Morgan fingerprint density at radius 1 is 0.905 bits per heavy atom. The van der Waals surface area contributed by atoms with Crippen molar-refractivity contribution in [2.24, 2.45) is 5.92 Å². The zero-order valence-electron chi connectivity index (χ0n) is 23.4. The van der Waals surface area contributed by atoms with Crippen LogP contribution in [0.2, 0.25) is 0 Å². The molecule has 2 aliphatic rings. The molecular formula is C33H34N2O7. The third-order valence-electron chi connectivity index (χ3n) is 8.14. The maximum absolute atomic E-state index is 13.7. The molecule has 5 rings (SSSR count). The molecule has 2 N–H and O–H groups in total. The number of nitrogens with zero attached hydrogens (tertiary/aromatic N) is 1. The summed E-state index contributed by atoms with van der Waals surface area (Å²) >= 11 is 0. The number of hydrogen-bond donors (Lipinski definition) is 2. The van der Waals surface area contributed by atoms with E-state index in [1.807, 2.05) is 78.9 Å². The lowest BCUT2D eigenvalue weighted by Gasteiger charge is -2.39. The molecule has 9 nitrogen and oxygen atoms in total. The van der Waals surface area contributed by atoms with Crippen LogP contribution in [-0.4, -0.2) is 59.2 Å². The van der Waals surface area contributed by atoms with E-state index < -0.39 is 48.4 Å². The summed E-state index contributed by atoms with van der Waals surface area (Å²) in [5.41, 5.74) is 5.05. The summed E-state index contributed by atoms with van der Waals surface area (Å²) in [6, 6.07) is 23.1. The molecule has 0 saturated carbocycles. The number of benzene rings is 3. The van der Waals surface area contributed by atoms with E-state index in [0.29, 0.717) is 19.4 Å². The molecule has 3 aromatic rings. The summed E-state index contributed by atoms with van der Waals surface area (Å²) in [6.07, 6.45) is -0.311. The van der Waals surface area contributed by atoms with E-state index in [1.165, 1.54) is 4.90 Å². The first kappa shape index (κ1) is 28.9. The summed E-state index contributed by atoms with van der Waals surface area (Å²) in [7, 11) is 0. The number of esters is 1. The van der Waals surface area contributed by atoms with Gasteiger partial charge in [-0.3, -0.25) is 14.4 Å². The van der Waals surface area contributed by atoms with Crippen LogP contribution in [0.3, 0.4) is 0 Å². The highest BCUT2D eigenvalue weighted by molar-refractivity contribution is 5.90. The van der Waals surface area contributed by atoms with Crippen LogP contribution in [0.1, 0.15) is 48.8 Å². The number of alkyl carbamates (subject to hydrolysis) is 1. The highest BCUT2D eigenvalue weighted by Crippen LogP contribution is 2.44. The molecule has 2 unspecified atom stereocenters. The molecule has 1 aliphatic heterocycles. The topological polar surface area (TPSA) is 122 Å². The highest BCUT2D eigenvalue weighted by atomic mass is 16.5. The lowest BCUT2D eigenvalue weighted by atomic mass is 9.89. The van der Waals surface area contributed by atoms with E-state index in [1.54, 1.807) is 6.92 Å². The van der Waals surface area contributed by atoms with Gasteiger partial charge in [-0.25, -0.2) is 4.79 Å². The Morgan fingerprint density at radius 2 is 1.52 bits per heavy atom. The first-order valence-corrected chi connectivity index (χ1v) is 14.2. The van der Waals surface area contributed by atoms with Crippen molar-refractivity contribution in [1.82, 2.24) is 10.2 Å². The Labute approximate surface area is 244 Å². The molecule has 9 heteroatoms. The van der Waals surface area contributed by atoms with Gasteiger partial charge in [0.1, 0.15) is 19.3 Å². The van der Waals surface area contributed by atoms with Crippen molar-refractivity contribution in [3.05, 3.63) is 95.6 Å². The first-order chi connectivity index (χ1) is 20.3. The van der Waals surface area contributed by atoms with Crippen LogP contribution in [0.5, 0.6) is 0 Å². The second-order valence-electron chi connectivity index (χ2n) is 10.7. The smallest absolute Gasteiger partial charge is 0.407 e. The zero-order chi connectivity index (χ0) is 29.6. The first-order valence-electron chi connectivity index (χ1n) is 14.2. The maximum Gasteiger partial charge on any atom is 0.407 e. The second-order valence-corrected chi connectivity index (χ2v) is 10.7. The fourth-order valence-corrected chi connectivity index (χ4v) is 5.93. The summed E-state index contributed by atoms with van der Waals surface area (Å²) in [6.45, 7) is 2.06. The quantitative estimate of drug-likeness (QED) is 0.357. The number of nitrogens with one attached hydrogen (secondary N) is 1. The summed E-state index contributed by atoms with van der Waals surface area (Å²) in [4.78, 5) is 52.8. The Morgan fingerprint density at radius 3 is 2.17 bits per heavy atom. The number of amides is 2. The molecule has 1 aliphatic carbocycles. The fourth-order valence-electron chi connectivity index (χ4n) is 5.93. The minimum absolute atomic E-state index is 0.0206. The molecule has 0 radical (unpaired) electrons. The van der Waals surface area contributed by atoms with Crippen molar-refractivity contribution in [3.63, 3.8) is 0 Å². The van der Waals surface area contributed by atoms with Gasteiger partial charge in [0.2, 0.25) is 5.91 Å². The van der Waals surface area contributed by atoms with Crippen molar-refractivity contribution in [2.45, 2.75) is 50.8 Å². The van der Waals surface area contributed by atoms with Gasteiger partial charge in [0.05, 0.1) is 12.3 Å². The second kappa shape index (κ2) is 12.9. The summed E-state index contributed by atoms with van der Waals surface area (Å²) in [5.74, 6) is -3.10. The molecule has 3 aromatic carbocycles. The molecule has 0 spiro atoms. The summed E-state index contributed by atoms with van der Waals surface area (Å²) in [5, 5.41) is 12.2. The van der Waals surface area contributed by atoms with Crippen molar-refractivity contribution in [1.29, 1.82) is 0 Å². The summed E-state index contributed by atoms with van der Waals surface area (Å²) < 4.78 is 11.0. The van der Waals surface area contributed by atoms with Gasteiger partial charge in [-0.05, 0) is 47.6 Å². The Hall–Kier alpha value is -4.66. The average Bonchev–Trinajstić information content (AvgIpc) is 3.32. The number of rotatable bonds is 9. The Balaban J connectivity index is 1.28. The maximum atomic E-state index is 13.7. The number of piperidine rings is 1. The number of hydrogen-bond acceptors (Lipinski definition) is 6. The van der Waals surface area contributed by atoms with Crippen LogP contribution >= 0.6 is 0 Å². The molecule has 2 amide bonds. The minimum atomic E-state index is -1.28. The monoisotopic (exact) mass is 570 g/mol. The third kappa shape index (κ3) is 6.30. The highest BCUT2D eigenvalue weighted by Gasteiger charge is 2.39. The fraction of sp³-hybridized carbons (Fsp3) is 0.333. The average molecular weight is 571 g/mol. The predicted molar refractivity (Wildman–Crippen MR) is 154 cm³/mol. The lowest BCUT2D eigenvalue weighted by Crippen LogP contribution is -2.56. The molecular weight excluding hydrogens is 536 g/mol. The van der Waals surface area contributed by atoms with Crippen LogP contribution in [0.4, 0.5) is 4.79 Å². The van der Waals surface area contributed by atoms with Gasteiger partial charge >= 0.3 is 18.0 Å². The SMILES string of the molecule is CC1C(C(=O)O)CCCN1C(=O)[C@H](CC(=O)OCc1ccccc1)NC(=O)OCC1c2ccccc2-c2ccccc21. The van der Waals surface area contributed by atoms with Gasteiger partial charge in [0.15, 0.2) is 0 Å². The minimum Gasteiger partial charge on any atom is -0.481 e. The van der Waals surface area contributed by atoms with Gasteiger partial charge in [-0.15, -0.1) is 0 Å². The number of carboxylic acids is 1. The number of carbonyl (C=O) groups excluding carboxylic acids is 3. The van der Waals surface area contributed by atoms with Crippen LogP contribution in [0.15, 0.2) is 78.9 Å². The van der Waals surface area contributed by atoms with Gasteiger partial charge in [0.25, 0.3) is 0 Å². The van der Waals surface area contributed by atoms with E-state index in [9.17, 15) is 24.3 Å². The lowest BCUT2D eigenvalue weighted by molar-refractivity contribution is -0.153. The number of carbonyl (C=O) groups is 4. The van der Waals surface area contributed by atoms with E-state index in [2.05, 4.69) is 5.32 Å². The van der Waals surface area contributed by atoms with Gasteiger partial charge in [-0.1, -0.05) is 78.9 Å². The molecule has 3 atom stereocenters. The molecule has 1 fully saturated rings. The van der Waals surface area contributed by atoms with Crippen molar-refractivity contribution >= 4 is 23.9 Å². The van der Waals surface area contributed by atoms with Crippen LogP contribution in [-0.2, 0) is 30.5 Å². The van der Waals surface area contributed by atoms with E-state index in [-0.39, 0.29) is 19.1 Å². The molecule has 1 saturated heterocycles. The molecule has 0 bridgehead atoms. The Kier molecular flexibility index (Phi) is 8.85. The molecule has 1 heterocycles. The van der Waals surface area contributed by atoms with Gasteiger partial charge in [-0.2, -0.15) is 0 Å². The number of fused-ring (bicyclic) bond motifs is 3. The van der Waals surface area contributed by atoms with Crippen LogP contribution in [0, 0.1) is 5.92 Å². The number of aliphatic carboxylic acids is 1. The van der Waals surface area contributed by atoms with Crippen molar-refractivity contribution < 1.29 is 33.8 Å². The van der Waals surface area contributed by atoms with E-state index in [4.69, 9.17) is 9.47 Å². The van der Waals surface area contributed by atoms with Gasteiger partial charge < -0.3 is 24.8 Å². The van der Waals surface area contributed by atoms with Crippen LogP contribution < -0.4 is 5.32 Å². The molecule has 0 aromatic heterocycles. The van der Waals surface area contributed by atoms with E-state index in [0.717, 1.165) is 27.8 Å². The predicted octanol–water partition coefficient (Wildman–Crippen LogP) is 4.74. The number of ether oxygens (including phenoxy) is 2. The van der Waals surface area contributed by atoms with Crippen molar-refractivity contribution in [2.75, 3.05) is 13.2 Å². The standard InChI is InChI=1S/C33H34N2O7/c1-21-23(32(38)39)16-9-17-35(21)31(37)29(18-30(36)41-19-22-10-3-2-4-11-22)34-33(40)42-20-28-26-14-7-5-12-24(26)25-13-6-8-15-27(25)28/h2-8,10-15,21,23,28-29H,9,16-20H2,1H3,(H,34,40)(H,38,39)/t21?,23?,29-/m0/s1. The van der Waals surface area contributed by atoms with E-state index >= 15 is 0 Å². The number of likely N-dealkylation sites (tertiary alicyclic amines) is 1. The molecule has 218 valence electrons.